The molecule has 0 bridgehead atoms. The van der Waals surface area contributed by atoms with Crippen LogP contribution in [0.25, 0.3) is 0 Å². The summed E-state index contributed by atoms with van der Waals surface area (Å²) in [5, 5.41) is 13.5. The number of hydrogen-bond acceptors (Lipinski definition) is 6. The molecule has 76 valence electrons. The molecule has 1 saturated heterocycles. The average molecular weight is 213 g/mol. The highest BCUT2D eigenvalue weighted by Gasteiger charge is 2.21. The van der Waals surface area contributed by atoms with Gasteiger partial charge >= 0.3 is 0 Å². The van der Waals surface area contributed by atoms with Crippen LogP contribution < -0.4 is 10.6 Å². The van der Waals surface area contributed by atoms with E-state index in [1.54, 1.807) is 0 Å². The van der Waals surface area contributed by atoms with Crippen molar-refractivity contribution >= 4 is 22.6 Å². The Morgan fingerprint density at radius 2 is 2.29 bits per heavy atom. The zero-order valence-electron chi connectivity index (χ0n) is 7.56. The molecule has 6 nitrogen and oxygen atoms in total. The summed E-state index contributed by atoms with van der Waals surface area (Å²) in [6.45, 7) is 1.82. The van der Waals surface area contributed by atoms with Crippen LogP contribution >= 0.6 is 11.5 Å². The highest BCUT2D eigenvalue weighted by molar-refractivity contribution is 7.09. The Kier molecular flexibility index (Phi) is 3.00. The first-order valence-electron chi connectivity index (χ1n) is 4.53. The number of nitrogens with one attached hydrogen (secondary N) is 2. The number of rotatable bonds is 2. The van der Waals surface area contributed by atoms with Crippen LogP contribution in [0.4, 0.5) is 5.13 Å². The van der Waals surface area contributed by atoms with Crippen LogP contribution in [0.2, 0.25) is 0 Å². The number of amides is 1. The molecule has 0 radical (unpaired) electrons. The van der Waals surface area contributed by atoms with Gasteiger partial charge in [-0.2, -0.15) is 0 Å². The predicted octanol–water partition coefficient (Wildman–Crippen LogP) is -0.129. The van der Waals surface area contributed by atoms with Crippen molar-refractivity contribution in [3.05, 3.63) is 0 Å². The lowest BCUT2D eigenvalue weighted by molar-refractivity contribution is -0.120. The molecule has 1 aromatic rings. The van der Waals surface area contributed by atoms with Crippen molar-refractivity contribution in [1.29, 1.82) is 0 Å². The molecule has 2 rings (SSSR count). The molecule has 0 aromatic carbocycles. The van der Waals surface area contributed by atoms with Crippen molar-refractivity contribution in [2.24, 2.45) is 5.92 Å². The van der Waals surface area contributed by atoms with Crippen LogP contribution in [-0.2, 0) is 4.79 Å². The minimum Gasteiger partial charge on any atom is -0.317 e. The van der Waals surface area contributed by atoms with Gasteiger partial charge in [-0.15, -0.1) is 0 Å². The van der Waals surface area contributed by atoms with Crippen molar-refractivity contribution in [2.75, 3.05) is 18.4 Å². The molecule has 0 aliphatic carbocycles. The molecule has 14 heavy (non-hydrogen) atoms. The number of piperidine rings is 1. The number of carbonyl (C=O) groups excluding carboxylic acids is 1. The molecule has 0 spiro atoms. The molecule has 1 aromatic heterocycles. The predicted molar refractivity (Wildman–Crippen MR) is 51.9 cm³/mol. The highest BCUT2D eigenvalue weighted by Crippen LogP contribution is 2.15. The second-order valence-electron chi connectivity index (χ2n) is 3.18. The van der Waals surface area contributed by atoms with Gasteiger partial charge in [-0.1, -0.05) is 9.59 Å². The van der Waals surface area contributed by atoms with E-state index in [0.717, 1.165) is 37.5 Å². The van der Waals surface area contributed by atoms with Gasteiger partial charge in [0.2, 0.25) is 11.0 Å². The molecular weight excluding hydrogens is 202 g/mol. The van der Waals surface area contributed by atoms with E-state index in [1.807, 2.05) is 0 Å². The fourth-order valence-corrected chi connectivity index (χ4v) is 1.84. The Bertz CT molecular complexity index is 295. The summed E-state index contributed by atoms with van der Waals surface area (Å²) in [5.74, 6) is 0.130. The molecule has 0 atom stereocenters. The third-order valence-corrected chi connectivity index (χ3v) is 2.75. The highest BCUT2D eigenvalue weighted by atomic mass is 32.1. The molecule has 0 unspecified atom stereocenters. The Morgan fingerprint density at radius 1 is 1.50 bits per heavy atom. The maximum absolute atomic E-state index is 11.6. The summed E-state index contributed by atoms with van der Waals surface area (Å²) in [5.41, 5.74) is 0. The van der Waals surface area contributed by atoms with Gasteiger partial charge in [0.25, 0.3) is 0 Å². The van der Waals surface area contributed by atoms with E-state index in [9.17, 15) is 4.79 Å². The first-order valence-corrected chi connectivity index (χ1v) is 5.30. The standard InChI is InChI=1S/C7H11N5OS/c13-6(5-1-3-8-4-2-5)9-7-10-11-12-14-7/h5,8H,1-4H2,(H,9,10,12,13). The van der Waals surface area contributed by atoms with Gasteiger partial charge in [-0.3, -0.25) is 10.1 Å². The van der Waals surface area contributed by atoms with E-state index in [4.69, 9.17) is 0 Å². The van der Waals surface area contributed by atoms with Crippen molar-refractivity contribution in [3.8, 4) is 0 Å². The Hall–Kier alpha value is -1.08. The lowest BCUT2D eigenvalue weighted by Gasteiger charge is -2.20. The molecular formula is C7H11N5OS. The van der Waals surface area contributed by atoms with E-state index in [0.29, 0.717) is 5.13 Å². The van der Waals surface area contributed by atoms with Gasteiger partial charge < -0.3 is 5.32 Å². The third-order valence-electron chi connectivity index (χ3n) is 2.24. The largest absolute Gasteiger partial charge is 0.317 e. The minimum absolute atomic E-state index is 0.0325. The van der Waals surface area contributed by atoms with E-state index in [-0.39, 0.29) is 11.8 Å². The molecule has 0 saturated carbocycles. The van der Waals surface area contributed by atoms with E-state index in [1.165, 1.54) is 0 Å². The number of anilines is 1. The van der Waals surface area contributed by atoms with Crippen molar-refractivity contribution < 1.29 is 4.79 Å². The summed E-state index contributed by atoms with van der Waals surface area (Å²) >= 11 is 1.10. The van der Waals surface area contributed by atoms with Gasteiger partial charge in [0.15, 0.2) is 0 Å². The summed E-state index contributed by atoms with van der Waals surface area (Å²) in [4.78, 5) is 11.6. The summed E-state index contributed by atoms with van der Waals surface area (Å²) in [7, 11) is 0. The molecule has 1 aliphatic rings. The van der Waals surface area contributed by atoms with Gasteiger partial charge in [0, 0.05) is 17.5 Å². The van der Waals surface area contributed by atoms with E-state index < -0.39 is 0 Å². The molecule has 1 fully saturated rings. The fraction of sp³-hybridized carbons (Fsp3) is 0.714. The lowest BCUT2D eigenvalue weighted by Crippen LogP contribution is -2.34. The number of nitrogens with zero attached hydrogens (tertiary/aromatic N) is 3. The number of carbonyl (C=O) groups is 1. The molecule has 2 N–H and O–H groups in total. The second kappa shape index (κ2) is 4.43. The van der Waals surface area contributed by atoms with Crippen molar-refractivity contribution in [3.63, 3.8) is 0 Å². The van der Waals surface area contributed by atoms with Crippen LogP contribution in [0.5, 0.6) is 0 Å². The topological polar surface area (TPSA) is 79.8 Å². The fourth-order valence-electron chi connectivity index (χ4n) is 1.47. The average Bonchev–Trinajstić information content (AvgIpc) is 2.72. The summed E-state index contributed by atoms with van der Waals surface area (Å²) in [6.07, 6.45) is 1.77. The summed E-state index contributed by atoms with van der Waals surface area (Å²) in [6, 6.07) is 0. The van der Waals surface area contributed by atoms with Crippen LogP contribution in [0.3, 0.4) is 0 Å². The molecule has 7 heteroatoms. The monoisotopic (exact) mass is 213 g/mol. The zero-order valence-corrected chi connectivity index (χ0v) is 8.38. The Labute approximate surface area is 85.3 Å². The van der Waals surface area contributed by atoms with Gasteiger partial charge in [0.05, 0.1) is 0 Å². The van der Waals surface area contributed by atoms with E-state index >= 15 is 0 Å². The smallest absolute Gasteiger partial charge is 0.231 e. The van der Waals surface area contributed by atoms with Gasteiger partial charge in [-0.25, -0.2) is 0 Å². The maximum Gasteiger partial charge on any atom is 0.231 e. The van der Waals surface area contributed by atoms with Crippen LogP contribution in [0.15, 0.2) is 0 Å². The van der Waals surface area contributed by atoms with Crippen molar-refractivity contribution in [2.45, 2.75) is 12.8 Å². The van der Waals surface area contributed by atoms with Crippen LogP contribution in [0, 0.1) is 5.92 Å². The zero-order chi connectivity index (χ0) is 9.80. The van der Waals surface area contributed by atoms with Crippen molar-refractivity contribution in [1.82, 2.24) is 20.1 Å². The quantitative estimate of drug-likeness (QED) is 0.715. The maximum atomic E-state index is 11.6. The number of hydrogen-bond donors (Lipinski definition) is 2. The molecule has 2 heterocycles. The SMILES string of the molecule is O=C(Nc1nnns1)C1CCNCC1. The van der Waals surface area contributed by atoms with Crippen LogP contribution in [0.1, 0.15) is 12.8 Å². The van der Waals surface area contributed by atoms with Gasteiger partial charge in [-0.05, 0) is 31.1 Å². The summed E-state index contributed by atoms with van der Waals surface area (Å²) < 4.78 is 3.57. The first kappa shape index (κ1) is 9.47. The normalized spacial score (nSPS) is 18.0. The van der Waals surface area contributed by atoms with Gasteiger partial charge in [0.1, 0.15) is 0 Å². The molecule has 1 aliphatic heterocycles. The second-order valence-corrected chi connectivity index (χ2v) is 3.91. The Morgan fingerprint density at radius 3 is 2.93 bits per heavy atom. The van der Waals surface area contributed by atoms with E-state index in [2.05, 4.69) is 25.4 Å². The number of aromatic nitrogens is 3. The Balaban J connectivity index is 1.88. The third kappa shape index (κ3) is 2.24. The van der Waals surface area contributed by atoms with Crippen LogP contribution in [-0.4, -0.2) is 33.8 Å². The minimum atomic E-state index is 0.0325. The lowest BCUT2D eigenvalue weighted by atomic mass is 9.97. The molecule has 1 amide bonds. The first-order chi connectivity index (χ1) is 6.86.